The van der Waals surface area contributed by atoms with Crippen LogP contribution < -0.4 is 0 Å². The van der Waals surface area contributed by atoms with Crippen molar-refractivity contribution in [3.8, 4) is 11.1 Å². The van der Waals surface area contributed by atoms with Crippen LogP contribution in [-0.4, -0.2) is 22.2 Å². The maximum atomic E-state index is 11.3. The molecule has 0 fully saturated rings. The van der Waals surface area contributed by atoms with Gasteiger partial charge in [0.25, 0.3) is 0 Å². The van der Waals surface area contributed by atoms with Crippen LogP contribution in [0.3, 0.4) is 0 Å². The van der Waals surface area contributed by atoms with Gasteiger partial charge in [-0.05, 0) is 17.7 Å². The molecule has 0 aliphatic heterocycles. The number of hydrogen-bond acceptors (Lipinski definition) is 2. The molecule has 0 heterocycles. The molecular formula is C14H9ClO4. The molecule has 19 heavy (non-hydrogen) atoms. The van der Waals surface area contributed by atoms with Crippen molar-refractivity contribution in [1.82, 2.24) is 0 Å². The standard InChI is InChI=1S/C14H9ClO4/c15-11-7-2-1-4-8(11)9-5-3-6-10(13(16)17)12(9)14(18)19/h1-7H,(H,16,17)(H,18,19). The molecule has 4 nitrogen and oxygen atoms in total. The molecule has 0 saturated heterocycles. The Morgan fingerprint density at radius 1 is 0.842 bits per heavy atom. The van der Waals surface area contributed by atoms with Crippen LogP contribution in [0.4, 0.5) is 0 Å². The van der Waals surface area contributed by atoms with Crippen molar-refractivity contribution in [3.05, 3.63) is 58.6 Å². The van der Waals surface area contributed by atoms with E-state index < -0.39 is 11.9 Å². The average molecular weight is 277 g/mol. The van der Waals surface area contributed by atoms with E-state index in [4.69, 9.17) is 16.7 Å². The molecule has 0 aliphatic carbocycles. The Morgan fingerprint density at radius 3 is 2.05 bits per heavy atom. The highest BCUT2D eigenvalue weighted by Gasteiger charge is 2.21. The molecule has 0 unspecified atom stereocenters. The summed E-state index contributed by atoms with van der Waals surface area (Å²) in [6, 6.07) is 11.0. The topological polar surface area (TPSA) is 74.6 Å². The van der Waals surface area contributed by atoms with E-state index in [0.717, 1.165) is 0 Å². The lowest BCUT2D eigenvalue weighted by atomic mass is 9.95. The first-order chi connectivity index (χ1) is 9.02. The fraction of sp³-hybridized carbons (Fsp3) is 0. The van der Waals surface area contributed by atoms with Crippen LogP contribution in [0.5, 0.6) is 0 Å². The van der Waals surface area contributed by atoms with Gasteiger partial charge in [0.2, 0.25) is 0 Å². The lowest BCUT2D eigenvalue weighted by molar-refractivity contribution is 0.0652. The Bertz CT molecular complexity index is 664. The first kappa shape index (κ1) is 13.1. The van der Waals surface area contributed by atoms with Crippen molar-refractivity contribution in [1.29, 1.82) is 0 Å². The van der Waals surface area contributed by atoms with Crippen LogP contribution in [0.15, 0.2) is 42.5 Å². The largest absolute Gasteiger partial charge is 0.478 e. The van der Waals surface area contributed by atoms with Crippen molar-refractivity contribution in [2.45, 2.75) is 0 Å². The van der Waals surface area contributed by atoms with E-state index in [1.165, 1.54) is 18.2 Å². The number of carboxylic acid groups (broad SMARTS) is 2. The maximum Gasteiger partial charge on any atom is 0.337 e. The highest BCUT2D eigenvalue weighted by molar-refractivity contribution is 6.33. The van der Waals surface area contributed by atoms with Crippen molar-refractivity contribution in [3.63, 3.8) is 0 Å². The molecule has 0 amide bonds. The van der Waals surface area contributed by atoms with Gasteiger partial charge in [0.15, 0.2) is 0 Å². The lowest BCUT2D eigenvalue weighted by Crippen LogP contribution is -2.09. The smallest absolute Gasteiger partial charge is 0.337 e. The normalized spacial score (nSPS) is 10.2. The summed E-state index contributed by atoms with van der Waals surface area (Å²) in [5.41, 5.74) is 0.260. The number of hydrogen-bond donors (Lipinski definition) is 2. The zero-order chi connectivity index (χ0) is 14.0. The van der Waals surface area contributed by atoms with E-state index in [9.17, 15) is 14.7 Å². The second-order valence-electron chi connectivity index (χ2n) is 3.82. The van der Waals surface area contributed by atoms with Gasteiger partial charge in [0.05, 0.1) is 11.1 Å². The number of benzene rings is 2. The summed E-state index contributed by atoms with van der Waals surface area (Å²) in [7, 11) is 0. The molecule has 0 radical (unpaired) electrons. The Hall–Kier alpha value is -2.33. The van der Waals surface area contributed by atoms with Crippen LogP contribution in [0.2, 0.25) is 5.02 Å². The van der Waals surface area contributed by atoms with Gasteiger partial charge in [-0.3, -0.25) is 0 Å². The minimum atomic E-state index is -1.30. The molecular weight excluding hydrogens is 268 g/mol. The van der Waals surface area contributed by atoms with E-state index in [1.807, 2.05) is 0 Å². The van der Waals surface area contributed by atoms with Gasteiger partial charge < -0.3 is 10.2 Å². The van der Waals surface area contributed by atoms with Gasteiger partial charge in [-0.1, -0.05) is 41.9 Å². The lowest BCUT2D eigenvalue weighted by Gasteiger charge is -2.10. The molecule has 96 valence electrons. The Kier molecular flexibility index (Phi) is 3.53. The van der Waals surface area contributed by atoms with Crippen LogP contribution in [0, 0.1) is 0 Å². The Labute approximate surface area is 113 Å². The third kappa shape index (κ3) is 2.44. The van der Waals surface area contributed by atoms with Crippen LogP contribution >= 0.6 is 11.6 Å². The van der Waals surface area contributed by atoms with Gasteiger partial charge >= 0.3 is 11.9 Å². The molecule has 0 atom stereocenters. The van der Waals surface area contributed by atoms with E-state index in [-0.39, 0.29) is 16.7 Å². The minimum absolute atomic E-state index is 0.259. The molecule has 0 saturated carbocycles. The predicted octanol–water partition coefficient (Wildman–Crippen LogP) is 3.40. The first-order valence-electron chi connectivity index (χ1n) is 5.37. The summed E-state index contributed by atoms with van der Waals surface area (Å²) in [6.07, 6.45) is 0. The number of carboxylic acids is 2. The first-order valence-corrected chi connectivity index (χ1v) is 5.74. The molecule has 2 aromatic carbocycles. The van der Waals surface area contributed by atoms with E-state index in [1.54, 1.807) is 24.3 Å². The molecule has 2 N–H and O–H groups in total. The second kappa shape index (κ2) is 5.12. The molecule has 0 bridgehead atoms. The summed E-state index contributed by atoms with van der Waals surface area (Å²) < 4.78 is 0. The van der Waals surface area contributed by atoms with Gasteiger partial charge in [-0.2, -0.15) is 0 Å². The number of rotatable bonds is 3. The summed E-state index contributed by atoms with van der Waals surface area (Å²) in [6.45, 7) is 0. The summed E-state index contributed by atoms with van der Waals surface area (Å²) in [5, 5.41) is 18.7. The average Bonchev–Trinajstić information content (AvgIpc) is 2.38. The van der Waals surface area contributed by atoms with E-state index >= 15 is 0 Å². The fourth-order valence-corrected chi connectivity index (χ4v) is 2.10. The van der Waals surface area contributed by atoms with E-state index in [0.29, 0.717) is 10.6 Å². The SMILES string of the molecule is O=C(O)c1cccc(-c2ccccc2Cl)c1C(=O)O. The van der Waals surface area contributed by atoms with Crippen LogP contribution in [-0.2, 0) is 0 Å². The van der Waals surface area contributed by atoms with Crippen LogP contribution in [0.1, 0.15) is 20.7 Å². The van der Waals surface area contributed by atoms with Crippen molar-refractivity contribution in [2.24, 2.45) is 0 Å². The number of halogens is 1. The highest BCUT2D eigenvalue weighted by Crippen LogP contribution is 2.31. The number of aromatic carboxylic acids is 2. The van der Waals surface area contributed by atoms with Gasteiger partial charge in [0, 0.05) is 10.6 Å². The highest BCUT2D eigenvalue weighted by atomic mass is 35.5. The van der Waals surface area contributed by atoms with E-state index in [2.05, 4.69) is 0 Å². The molecule has 2 rings (SSSR count). The third-order valence-corrected chi connectivity index (χ3v) is 3.00. The molecule has 0 aliphatic rings. The second-order valence-corrected chi connectivity index (χ2v) is 4.23. The zero-order valence-electron chi connectivity index (χ0n) is 9.63. The summed E-state index contributed by atoms with van der Waals surface area (Å²) >= 11 is 6.03. The van der Waals surface area contributed by atoms with Crippen molar-refractivity contribution < 1.29 is 19.8 Å². The molecule has 0 spiro atoms. The zero-order valence-corrected chi connectivity index (χ0v) is 10.4. The Morgan fingerprint density at radius 2 is 1.47 bits per heavy atom. The third-order valence-electron chi connectivity index (χ3n) is 2.67. The summed E-state index contributed by atoms with van der Waals surface area (Å²) in [4.78, 5) is 22.4. The molecule has 5 heteroatoms. The molecule has 2 aromatic rings. The predicted molar refractivity (Wildman–Crippen MR) is 70.8 cm³/mol. The number of carbonyl (C=O) groups is 2. The van der Waals surface area contributed by atoms with Gasteiger partial charge in [-0.25, -0.2) is 9.59 Å². The monoisotopic (exact) mass is 276 g/mol. The minimum Gasteiger partial charge on any atom is -0.478 e. The van der Waals surface area contributed by atoms with Gasteiger partial charge in [-0.15, -0.1) is 0 Å². The van der Waals surface area contributed by atoms with Gasteiger partial charge in [0.1, 0.15) is 0 Å². The maximum absolute atomic E-state index is 11.3. The van der Waals surface area contributed by atoms with Crippen molar-refractivity contribution in [2.75, 3.05) is 0 Å². The van der Waals surface area contributed by atoms with Crippen molar-refractivity contribution >= 4 is 23.5 Å². The molecule has 0 aromatic heterocycles. The quantitative estimate of drug-likeness (QED) is 0.901. The van der Waals surface area contributed by atoms with Crippen LogP contribution in [0.25, 0.3) is 11.1 Å². The fourth-order valence-electron chi connectivity index (χ4n) is 1.87. The summed E-state index contributed by atoms with van der Waals surface area (Å²) in [5.74, 6) is -2.58. The Balaban J connectivity index is 2.78.